The highest BCUT2D eigenvalue weighted by molar-refractivity contribution is 5.95. The first-order valence-electron chi connectivity index (χ1n) is 12.1. The Bertz CT molecular complexity index is 1300. The number of pyridine rings is 1. The van der Waals surface area contributed by atoms with Gasteiger partial charge in [-0.05, 0) is 36.1 Å². The monoisotopic (exact) mass is 490 g/mol. The number of hydrogen-bond donors (Lipinski definition) is 1. The zero-order valence-electron chi connectivity index (χ0n) is 21.8. The topological polar surface area (TPSA) is 104 Å². The van der Waals surface area contributed by atoms with Gasteiger partial charge in [-0.25, -0.2) is 19.4 Å². The number of ether oxygens (including phenoxy) is 2. The van der Waals surface area contributed by atoms with Crippen molar-refractivity contribution in [3.63, 3.8) is 0 Å². The molecule has 0 saturated heterocycles. The van der Waals surface area contributed by atoms with E-state index in [0.717, 1.165) is 29.8 Å². The van der Waals surface area contributed by atoms with Gasteiger partial charge in [0.05, 0.1) is 31.5 Å². The molecule has 0 bridgehead atoms. The smallest absolute Gasteiger partial charge is 0.339 e. The van der Waals surface area contributed by atoms with Crippen molar-refractivity contribution in [3.8, 4) is 22.8 Å². The van der Waals surface area contributed by atoms with E-state index in [1.54, 1.807) is 24.1 Å². The van der Waals surface area contributed by atoms with Gasteiger partial charge in [-0.1, -0.05) is 46.2 Å². The van der Waals surface area contributed by atoms with Gasteiger partial charge < -0.3 is 14.8 Å². The molecule has 9 nitrogen and oxygen atoms in total. The standard InChI is InChI=1S/C24H26N6O3.C3H8/c1-15(2)8-9-25-22-21-20(11-17(12-26-21)23(31)33-4)28-24(29-22)30-14-18(13-27-30)16-6-5-7-19(10-16)32-3;1-3-2/h5-7,10-15H,8-9H2,1-4H3,(H,25,28,29);3H2,1-2H3. The summed E-state index contributed by atoms with van der Waals surface area (Å²) in [7, 11) is 2.97. The van der Waals surface area contributed by atoms with E-state index in [4.69, 9.17) is 9.47 Å². The predicted molar refractivity (Wildman–Crippen MR) is 142 cm³/mol. The Balaban J connectivity index is 0.00000115. The van der Waals surface area contributed by atoms with Crippen molar-refractivity contribution >= 4 is 22.8 Å². The van der Waals surface area contributed by atoms with Crippen molar-refractivity contribution in [1.29, 1.82) is 0 Å². The Labute approximate surface area is 211 Å². The molecule has 0 amide bonds. The Morgan fingerprint density at radius 3 is 2.56 bits per heavy atom. The number of esters is 1. The third-order valence-electron chi connectivity index (χ3n) is 5.15. The Morgan fingerprint density at radius 2 is 1.86 bits per heavy atom. The van der Waals surface area contributed by atoms with Gasteiger partial charge >= 0.3 is 5.97 Å². The minimum absolute atomic E-state index is 0.320. The number of fused-ring (bicyclic) bond motifs is 1. The number of nitrogens with zero attached hydrogens (tertiary/aromatic N) is 5. The number of carbonyl (C=O) groups excluding carboxylic acids is 1. The summed E-state index contributed by atoms with van der Waals surface area (Å²) in [6.07, 6.45) is 7.30. The molecule has 1 aromatic carbocycles. The molecule has 9 heteroatoms. The lowest BCUT2D eigenvalue weighted by atomic mass is 10.1. The summed E-state index contributed by atoms with van der Waals surface area (Å²) in [6.45, 7) is 9.31. The zero-order chi connectivity index (χ0) is 26.1. The minimum Gasteiger partial charge on any atom is -0.497 e. The third-order valence-corrected chi connectivity index (χ3v) is 5.15. The van der Waals surface area contributed by atoms with Gasteiger partial charge in [0, 0.05) is 24.5 Å². The molecular weight excluding hydrogens is 456 g/mol. The number of nitrogens with one attached hydrogen (secondary N) is 1. The van der Waals surface area contributed by atoms with Crippen LogP contribution >= 0.6 is 0 Å². The Kier molecular flexibility index (Phi) is 9.32. The zero-order valence-corrected chi connectivity index (χ0v) is 21.8. The fourth-order valence-electron chi connectivity index (χ4n) is 3.32. The van der Waals surface area contributed by atoms with E-state index in [1.807, 2.05) is 30.5 Å². The molecule has 0 fully saturated rings. The van der Waals surface area contributed by atoms with Crippen LogP contribution in [0.3, 0.4) is 0 Å². The van der Waals surface area contributed by atoms with Gasteiger partial charge in [0.15, 0.2) is 5.82 Å². The number of aromatic nitrogens is 5. The fourth-order valence-corrected chi connectivity index (χ4v) is 3.32. The second-order valence-corrected chi connectivity index (χ2v) is 8.68. The van der Waals surface area contributed by atoms with Crippen LogP contribution in [0.15, 0.2) is 48.9 Å². The van der Waals surface area contributed by atoms with Crippen LogP contribution in [0.5, 0.6) is 5.75 Å². The molecule has 3 aromatic heterocycles. The highest BCUT2D eigenvalue weighted by Gasteiger charge is 2.15. The average molecular weight is 491 g/mol. The number of methoxy groups -OCH3 is 2. The second-order valence-electron chi connectivity index (χ2n) is 8.68. The summed E-state index contributed by atoms with van der Waals surface area (Å²) in [4.78, 5) is 25.7. The molecule has 36 heavy (non-hydrogen) atoms. The molecule has 0 saturated carbocycles. The summed E-state index contributed by atoms with van der Waals surface area (Å²) < 4.78 is 11.8. The molecule has 1 N–H and O–H groups in total. The van der Waals surface area contributed by atoms with E-state index in [1.165, 1.54) is 19.7 Å². The summed E-state index contributed by atoms with van der Waals surface area (Å²) in [5, 5.41) is 7.82. The molecule has 0 spiro atoms. The maximum absolute atomic E-state index is 12.0. The average Bonchev–Trinajstić information content (AvgIpc) is 3.38. The van der Waals surface area contributed by atoms with Gasteiger partial charge in [0.25, 0.3) is 5.95 Å². The first-order valence-corrected chi connectivity index (χ1v) is 12.1. The van der Waals surface area contributed by atoms with Crippen LogP contribution in [0.4, 0.5) is 5.82 Å². The molecule has 190 valence electrons. The summed E-state index contributed by atoms with van der Waals surface area (Å²) in [5.74, 6) is 1.79. The van der Waals surface area contributed by atoms with Crippen LogP contribution in [0.1, 0.15) is 50.9 Å². The van der Waals surface area contributed by atoms with E-state index in [2.05, 4.69) is 53.1 Å². The van der Waals surface area contributed by atoms with Gasteiger partial charge in [-0.3, -0.25) is 0 Å². The number of carbonyl (C=O) groups is 1. The van der Waals surface area contributed by atoms with Gasteiger partial charge in [-0.15, -0.1) is 0 Å². The maximum Gasteiger partial charge on any atom is 0.339 e. The predicted octanol–water partition coefficient (Wildman–Crippen LogP) is 5.55. The number of benzene rings is 1. The van der Waals surface area contributed by atoms with Crippen molar-refractivity contribution in [2.45, 2.75) is 40.5 Å². The molecule has 0 unspecified atom stereocenters. The van der Waals surface area contributed by atoms with Gasteiger partial charge in [-0.2, -0.15) is 10.1 Å². The largest absolute Gasteiger partial charge is 0.497 e. The van der Waals surface area contributed by atoms with Crippen molar-refractivity contribution < 1.29 is 14.3 Å². The highest BCUT2D eigenvalue weighted by atomic mass is 16.5. The van der Waals surface area contributed by atoms with Crippen molar-refractivity contribution in [2.75, 3.05) is 26.1 Å². The first-order chi connectivity index (χ1) is 17.4. The summed E-state index contributed by atoms with van der Waals surface area (Å²) >= 11 is 0. The quantitative estimate of drug-likeness (QED) is 0.321. The van der Waals surface area contributed by atoms with Crippen LogP contribution in [0.25, 0.3) is 28.1 Å². The Hall–Kier alpha value is -4.01. The molecule has 0 atom stereocenters. The van der Waals surface area contributed by atoms with Crippen molar-refractivity contribution in [3.05, 3.63) is 54.5 Å². The van der Waals surface area contributed by atoms with Crippen LogP contribution in [0, 0.1) is 5.92 Å². The van der Waals surface area contributed by atoms with E-state index in [9.17, 15) is 4.79 Å². The van der Waals surface area contributed by atoms with Gasteiger partial charge in [0.1, 0.15) is 11.3 Å². The summed E-state index contributed by atoms with van der Waals surface area (Å²) in [6, 6.07) is 9.39. The van der Waals surface area contributed by atoms with Crippen molar-refractivity contribution in [2.24, 2.45) is 5.92 Å². The molecule has 3 heterocycles. The maximum atomic E-state index is 12.0. The molecule has 4 rings (SSSR count). The third kappa shape index (κ3) is 6.56. The fraction of sp³-hybridized carbons (Fsp3) is 0.370. The second kappa shape index (κ2) is 12.6. The molecule has 0 radical (unpaired) electrons. The molecule has 0 aliphatic rings. The van der Waals surface area contributed by atoms with E-state index in [-0.39, 0.29) is 0 Å². The van der Waals surface area contributed by atoms with Crippen LogP contribution in [-0.4, -0.2) is 51.5 Å². The Morgan fingerprint density at radius 1 is 1.08 bits per heavy atom. The molecular formula is C27H34N6O3. The van der Waals surface area contributed by atoms with E-state index < -0.39 is 5.97 Å². The minimum atomic E-state index is -0.474. The molecule has 4 aromatic rings. The highest BCUT2D eigenvalue weighted by Crippen LogP contribution is 2.25. The van der Waals surface area contributed by atoms with E-state index in [0.29, 0.717) is 34.3 Å². The van der Waals surface area contributed by atoms with Crippen LogP contribution < -0.4 is 10.1 Å². The molecule has 0 aliphatic carbocycles. The lowest BCUT2D eigenvalue weighted by molar-refractivity contribution is 0.0600. The first kappa shape index (κ1) is 26.6. The SMILES string of the molecule is CCC.COC(=O)c1cnc2c(NCCC(C)C)nc(-n3cc(-c4cccc(OC)c4)cn3)nc2c1. The van der Waals surface area contributed by atoms with E-state index >= 15 is 0 Å². The number of anilines is 1. The lowest BCUT2D eigenvalue weighted by Crippen LogP contribution is -2.11. The number of hydrogen-bond acceptors (Lipinski definition) is 8. The van der Waals surface area contributed by atoms with Crippen LogP contribution in [-0.2, 0) is 4.74 Å². The number of rotatable bonds is 8. The molecule has 0 aliphatic heterocycles. The summed E-state index contributed by atoms with van der Waals surface area (Å²) in [5.41, 5.74) is 3.28. The normalized spacial score (nSPS) is 10.6. The van der Waals surface area contributed by atoms with Gasteiger partial charge in [0.2, 0.25) is 0 Å². The lowest BCUT2D eigenvalue weighted by Gasteiger charge is -2.11. The van der Waals surface area contributed by atoms with Crippen molar-refractivity contribution in [1.82, 2.24) is 24.7 Å². The van der Waals surface area contributed by atoms with Crippen LogP contribution in [0.2, 0.25) is 0 Å².